The Labute approximate surface area is 101 Å². The topological polar surface area (TPSA) is 29.3 Å². The van der Waals surface area contributed by atoms with Gasteiger partial charge in [0.05, 0.1) is 6.54 Å². The number of aryl methyl sites for hydroxylation is 1. The van der Waals surface area contributed by atoms with Gasteiger partial charge < -0.3 is 10.6 Å². The van der Waals surface area contributed by atoms with E-state index >= 15 is 0 Å². The molecule has 1 rings (SSSR count). The summed E-state index contributed by atoms with van der Waals surface area (Å²) in [7, 11) is 1.69. The van der Waals surface area contributed by atoms with Gasteiger partial charge in [0.15, 0.2) is 0 Å². The van der Waals surface area contributed by atoms with Gasteiger partial charge >= 0.3 is 0 Å². The van der Waals surface area contributed by atoms with Crippen molar-refractivity contribution in [2.75, 3.05) is 20.1 Å². The number of nitrogens with two attached hydrogens (primary N) is 1. The molecule has 1 aromatic carbocycles. The maximum atomic E-state index is 12.1. The number of benzene rings is 1. The molecular weight excluding hydrogens is 222 g/mol. The second-order valence-corrected chi connectivity index (χ2v) is 4.41. The fraction of sp³-hybridized carbons (Fsp3) is 0.538. The number of hydrogen-bond donors (Lipinski definition) is 1. The van der Waals surface area contributed by atoms with E-state index in [0.29, 0.717) is 13.0 Å². The fourth-order valence-corrected chi connectivity index (χ4v) is 1.84. The molecule has 17 heavy (non-hydrogen) atoms. The Balaban J connectivity index is 2.45. The van der Waals surface area contributed by atoms with Crippen molar-refractivity contribution in [2.24, 2.45) is 5.73 Å². The average molecular weight is 242 g/mol. The summed E-state index contributed by atoms with van der Waals surface area (Å²) in [5.74, 6) is 0. The third kappa shape index (κ3) is 4.79. The zero-order chi connectivity index (χ0) is 12.8. The number of rotatable bonds is 6. The van der Waals surface area contributed by atoms with E-state index in [4.69, 9.17) is 5.73 Å². The Morgan fingerprint density at radius 3 is 2.53 bits per heavy atom. The highest BCUT2D eigenvalue weighted by molar-refractivity contribution is 5.28. The smallest absolute Gasteiger partial charge is 0.251 e. The quantitative estimate of drug-likeness (QED) is 0.830. The summed E-state index contributed by atoms with van der Waals surface area (Å²) < 4.78 is 24.2. The lowest BCUT2D eigenvalue weighted by Gasteiger charge is -2.20. The highest BCUT2D eigenvalue weighted by Gasteiger charge is 2.11. The van der Waals surface area contributed by atoms with Crippen molar-refractivity contribution < 1.29 is 8.78 Å². The van der Waals surface area contributed by atoms with Crippen LogP contribution < -0.4 is 5.73 Å². The van der Waals surface area contributed by atoms with Crippen LogP contribution in [0.5, 0.6) is 0 Å². The molecule has 0 aliphatic heterocycles. The molecule has 0 bridgehead atoms. The van der Waals surface area contributed by atoms with Gasteiger partial charge in [-0.2, -0.15) is 0 Å². The summed E-state index contributed by atoms with van der Waals surface area (Å²) in [5.41, 5.74) is 8.31. The van der Waals surface area contributed by atoms with Gasteiger partial charge in [0, 0.05) is 6.04 Å². The van der Waals surface area contributed by atoms with Crippen LogP contribution in [0.15, 0.2) is 24.3 Å². The molecule has 0 spiro atoms. The molecule has 0 aliphatic carbocycles. The molecule has 0 aromatic heterocycles. The Kier molecular flexibility index (Phi) is 5.51. The maximum Gasteiger partial charge on any atom is 0.251 e. The SMILES string of the molecule is Cc1ccccc1C(N)CCN(C)CC(F)F. The van der Waals surface area contributed by atoms with Crippen LogP contribution in [-0.2, 0) is 0 Å². The Morgan fingerprint density at radius 1 is 1.29 bits per heavy atom. The molecule has 1 unspecified atom stereocenters. The monoisotopic (exact) mass is 242 g/mol. The number of alkyl halides is 2. The van der Waals surface area contributed by atoms with Gasteiger partial charge in [0.25, 0.3) is 6.43 Å². The summed E-state index contributed by atoms with van der Waals surface area (Å²) in [4.78, 5) is 1.61. The van der Waals surface area contributed by atoms with Crippen LogP contribution in [0.25, 0.3) is 0 Å². The normalized spacial score (nSPS) is 13.4. The zero-order valence-electron chi connectivity index (χ0n) is 10.4. The predicted octanol–water partition coefficient (Wildman–Crippen LogP) is 2.58. The van der Waals surface area contributed by atoms with Crippen molar-refractivity contribution in [1.82, 2.24) is 4.90 Å². The zero-order valence-corrected chi connectivity index (χ0v) is 10.4. The molecule has 0 heterocycles. The van der Waals surface area contributed by atoms with Crippen LogP contribution in [0.1, 0.15) is 23.6 Å². The lowest BCUT2D eigenvalue weighted by Crippen LogP contribution is -2.28. The van der Waals surface area contributed by atoms with Crippen LogP contribution in [-0.4, -0.2) is 31.5 Å². The molecule has 0 aliphatic rings. The van der Waals surface area contributed by atoms with E-state index in [-0.39, 0.29) is 12.6 Å². The van der Waals surface area contributed by atoms with Crippen molar-refractivity contribution >= 4 is 0 Å². The van der Waals surface area contributed by atoms with Crippen LogP contribution in [0, 0.1) is 6.92 Å². The molecule has 1 atom stereocenters. The van der Waals surface area contributed by atoms with E-state index in [1.165, 1.54) is 0 Å². The van der Waals surface area contributed by atoms with Gasteiger partial charge in [-0.1, -0.05) is 24.3 Å². The van der Waals surface area contributed by atoms with E-state index in [2.05, 4.69) is 0 Å². The summed E-state index contributed by atoms with van der Waals surface area (Å²) in [6, 6.07) is 7.83. The van der Waals surface area contributed by atoms with E-state index < -0.39 is 6.43 Å². The highest BCUT2D eigenvalue weighted by atomic mass is 19.3. The Morgan fingerprint density at radius 2 is 1.94 bits per heavy atom. The molecule has 0 saturated carbocycles. The first-order valence-electron chi connectivity index (χ1n) is 5.78. The molecule has 96 valence electrons. The molecule has 0 saturated heterocycles. The standard InChI is InChI=1S/C13H20F2N2/c1-10-5-3-4-6-11(10)12(16)7-8-17(2)9-13(14)15/h3-6,12-13H,7-9,16H2,1-2H3. The first-order chi connectivity index (χ1) is 8.00. The third-order valence-electron chi connectivity index (χ3n) is 2.86. The molecule has 2 N–H and O–H groups in total. The second-order valence-electron chi connectivity index (χ2n) is 4.41. The minimum absolute atomic E-state index is 0.0867. The van der Waals surface area contributed by atoms with E-state index in [9.17, 15) is 8.78 Å². The minimum Gasteiger partial charge on any atom is -0.324 e. The molecule has 0 radical (unpaired) electrons. The molecule has 0 fully saturated rings. The fourth-order valence-electron chi connectivity index (χ4n) is 1.84. The van der Waals surface area contributed by atoms with Gasteiger partial charge in [0.2, 0.25) is 0 Å². The third-order valence-corrected chi connectivity index (χ3v) is 2.86. The van der Waals surface area contributed by atoms with Crippen LogP contribution in [0.3, 0.4) is 0 Å². The van der Waals surface area contributed by atoms with Gasteiger partial charge in [0.1, 0.15) is 0 Å². The summed E-state index contributed by atoms with van der Waals surface area (Å²) in [6.07, 6.45) is -1.59. The van der Waals surface area contributed by atoms with Gasteiger partial charge in [-0.3, -0.25) is 0 Å². The van der Waals surface area contributed by atoms with Crippen molar-refractivity contribution in [3.8, 4) is 0 Å². The highest BCUT2D eigenvalue weighted by Crippen LogP contribution is 2.18. The Hall–Kier alpha value is -1.00. The molecule has 2 nitrogen and oxygen atoms in total. The van der Waals surface area contributed by atoms with Crippen molar-refractivity contribution in [3.05, 3.63) is 35.4 Å². The lowest BCUT2D eigenvalue weighted by molar-refractivity contribution is 0.0990. The van der Waals surface area contributed by atoms with Crippen LogP contribution in [0.4, 0.5) is 8.78 Å². The number of hydrogen-bond acceptors (Lipinski definition) is 2. The van der Waals surface area contributed by atoms with Gasteiger partial charge in [-0.25, -0.2) is 8.78 Å². The summed E-state index contributed by atoms with van der Waals surface area (Å²) in [5, 5.41) is 0. The van der Waals surface area contributed by atoms with Gasteiger partial charge in [-0.15, -0.1) is 0 Å². The Bertz CT molecular complexity index is 342. The van der Waals surface area contributed by atoms with E-state index in [1.54, 1.807) is 11.9 Å². The number of nitrogens with zero attached hydrogens (tertiary/aromatic N) is 1. The first-order valence-corrected chi connectivity index (χ1v) is 5.78. The van der Waals surface area contributed by atoms with E-state index in [0.717, 1.165) is 11.1 Å². The molecule has 0 amide bonds. The number of halogens is 2. The summed E-state index contributed by atoms with van der Waals surface area (Å²) in [6.45, 7) is 2.40. The van der Waals surface area contributed by atoms with Crippen molar-refractivity contribution in [1.29, 1.82) is 0 Å². The average Bonchev–Trinajstić information content (AvgIpc) is 2.25. The maximum absolute atomic E-state index is 12.1. The minimum atomic E-state index is -2.28. The first kappa shape index (κ1) is 14.1. The summed E-state index contributed by atoms with van der Waals surface area (Å²) >= 11 is 0. The lowest BCUT2D eigenvalue weighted by atomic mass is 9.99. The van der Waals surface area contributed by atoms with Crippen molar-refractivity contribution in [3.63, 3.8) is 0 Å². The van der Waals surface area contributed by atoms with Gasteiger partial charge in [-0.05, 0) is 38.1 Å². The van der Waals surface area contributed by atoms with Crippen molar-refractivity contribution in [2.45, 2.75) is 25.8 Å². The molecular formula is C13H20F2N2. The van der Waals surface area contributed by atoms with Crippen LogP contribution in [0.2, 0.25) is 0 Å². The van der Waals surface area contributed by atoms with E-state index in [1.807, 2.05) is 31.2 Å². The van der Waals surface area contributed by atoms with Crippen LogP contribution >= 0.6 is 0 Å². The molecule has 4 heteroatoms. The predicted molar refractivity (Wildman–Crippen MR) is 66.2 cm³/mol. The molecule has 1 aromatic rings. The largest absolute Gasteiger partial charge is 0.324 e. The second kappa shape index (κ2) is 6.67.